The Labute approximate surface area is 161 Å². The van der Waals surface area contributed by atoms with Gasteiger partial charge in [-0.05, 0) is 24.6 Å². The summed E-state index contributed by atoms with van der Waals surface area (Å²) >= 11 is 0. The van der Waals surface area contributed by atoms with E-state index in [1.807, 2.05) is 54.6 Å². The normalized spacial score (nSPS) is 11.1. The molecule has 0 unspecified atom stereocenters. The van der Waals surface area contributed by atoms with E-state index in [2.05, 4.69) is 15.6 Å². The van der Waals surface area contributed by atoms with Crippen LogP contribution in [0, 0.1) is 0 Å². The molecule has 0 bridgehead atoms. The van der Waals surface area contributed by atoms with Gasteiger partial charge in [-0.3, -0.25) is 4.99 Å². The predicted octanol–water partition coefficient (Wildman–Crippen LogP) is 2.85. The molecule has 2 rings (SSSR count). The predicted molar refractivity (Wildman–Crippen MR) is 109 cm³/mol. The smallest absolute Gasteiger partial charge is 0.191 e. The molecule has 2 aromatic rings. The Balaban J connectivity index is 1.53. The molecule has 0 aliphatic rings. The molecule has 146 valence electrons. The summed E-state index contributed by atoms with van der Waals surface area (Å²) in [7, 11) is 3.42. The highest BCUT2D eigenvalue weighted by molar-refractivity contribution is 5.79. The van der Waals surface area contributed by atoms with E-state index in [1.165, 1.54) is 0 Å². The Morgan fingerprint density at radius 2 is 1.67 bits per heavy atom. The average Bonchev–Trinajstić information content (AvgIpc) is 2.72. The summed E-state index contributed by atoms with van der Waals surface area (Å²) in [6.45, 7) is 3.23. The third kappa shape index (κ3) is 8.00. The molecule has 0 saturated heterocycles. The van der Waals surface area contributed by atoms with Gasteiger partial charge in [0.15, 0.2) is 5.96 Å². The summed E-state index contributed by atoms with van der Waals surface area (Å²) in [6.07, 6.45) is 0.889. The second-order valence-corrected chi connectivity index (χ2v) is 5.81. The molecule has 2 N–H and O–H groups in total. The van der Waals surface area contributed by atoms with E-state index in [0.717, 1.165) is 36.0 Å². The fourth-order valence-electron chi connectivity index (χ4n) is 2.45. The minimum Gasteiger partial charge on any atom is -0.496 e. The van der Waals surface area contributed by atoms with Gasteiger partial charge in [0.25, 0.3) is 0 Å². The first-order chi connectivity index (χ1) is 13.3. The second-order valence-electron chi connectivity index (χ2n) is 5.81. The lowest BCUT2D eigenvalue weighted by Crippen LogP contribution is -2.39. The number of ether oxygens (including phenoxy) is 3. The Kier molecular flexibility index (Phi) is 9.60. The molecule has 0 atom stereocenters. The number of rotatable bonds is 11. The van der Waals surface area contributed by atoms with E-state index >= 15 is 0 Å². The van der Waals surface area contributed by atoms with E-state index in [9.17, 15) is 0 Å². The largest absolute Gasteiger partial charge is 0.496 e. The molecule has 0 spiro atoms. The minimum atomic E-state index is 0.522. The van der Waals surface area contributed by atoms with Gasteiger partial charge in [-0.1, -0.05) is 36.4 Å². The summed E-state index contributed by atoms with van der Waals surface area (Å²) in [4.78, 5) is 4.21. The Bertz CT molecular complexity index is 677. The zero-order chi connectivity index (χ0) is 19.2. The van der Waals surface area contributed by atoms with Crippen molar-refractivity contribution < 1.29 is 14.2 Å². The molecule has 0 radical (unpaired) electrons. The monoisotopic (exact) mass is 371 g/mol. The van der Waals surface area contributed by atoms with Crippen molar-refractivity contribution in [3.05, 3.63) is 60.2 Å². The van der Waals surface area contributed by atoms with Crippen LogP contribution in [0.2, 0.25) is 0 Å². The minimum absolute atomic E-state index is 0.522. The number of nitrogens with zero attached hydrogens (tertiary/aromatic N) is 1. The van der Waals surface area contributed by atoms with Crippen molar-refractivity contribution in [2.45, 2.75) is 13.0 Å². The van der Waals surface area contributed by atoms with Crippen LogP contribution in [0.25, 0.3) is 0 Å². The van der Waals surface area contributed by atoms with Gasteiger partial charge in [0.05, 0.1) is 26.9 Å². The first-order valence-corrected chi connectivity index (χ1v) is 9.15. The van der Waals surface area contributed by atoms with Gasteiger partial charge in [0.1, 0.15) is 11.5 Å². The number of hydrogen-bond donors (Lipinski definition) is 2. The van der Waals surface area contributed by atoms with Crippen molar-refractivity contribution in [1.82, 2.24) is 10.6 Å². The van der Waals surface area contributed by atoms with Crippen LogP contribution in [0.15, 0.2) is 59.6 Å². The fourth-order valence-corrected chi connectivity index (χ4v) is 2.45. The molecule has 0 aliphatic carbocycles. The molecule has 0 heterocycles. The molecule has 0 amide bonds. The van der Waals surface area contributed by atoms with Crippen molar-refractivity contribution in [2.24, 2.45) is 4.99 Å². The van der Waals surface area contributed by atoms with Gasteiger partial charge < -0.3 is 24.8 Å². The molecule has 27 heavy (non-hydrogen) atoms. The maximum atomic E-state index is 5.70. The van der Waals surface area contributed by atoms with Crippen molar-refractivity contribution in [1.29, 1.82) is 0 Å². The molecular formula is C21H29N3O3. The summed E-state index contributed by atoms with van der Waals surface area (Å²) in [5.74, 6) is 2.50. The van der Waals surface area contributed by atoms with Crippen molar-refractivity contribution in [2.75, 3.05) is 40.5 Å². The zero-order valence-corrected chi connectivity index (χ0v) is 16.1. The average molecular weight is 371 g/mol. The van der Waals surface area contributed by atoms with Crippen LogP contribution in [0.5, 0.6) is 11.5 Å². The van der Waals surface area contributed by atoms with Crippen molar-refractivity contribution >= 4 is 5.96 Å². The van der Waals surface area contributed by atoms with E-state index in [1.54, 1.807) is 14.2 Å². The number of hydrogen-bond acceptors (Lipinski definition) is 4. The topological polar surface area (TPSA) is 64.1 Å². The molecule has 6 heteroatoms. The standard InChI is InChI=1S/C21H29N3O3/c1-22-21(23-13-8-15-27-19-10-4-3-5-11-19)24-14-16-26-17-18-9-6-7-12-20(18)25-2/h3-7,9-12H,8,13-17H2,1-2H3,(H2,22,23,24). The van der Waals surface area contributed by atoms with Gasteiger partial charge in [-0.15, -0.1) is 0 Å². The van der Waals surface area contributed by atoms with Gasteiger partial charge in [-0.2, -0.15) is 0 Å². The van der Waals surface area contributed by atoms with Crippen LogP contribution in [0.4, 0.5) is 0 Å². The molecule has 2 aromatic carbocycles. The molecule has 6 nitrogen and oxygen atoms in total. The SMILES string of the molecule is CN=C(NCCCOc1ccccc1)NCCOCc1ccccc1OC. The highest BCUT2D eigenvalue weighted by Crippen LogP contribution is 2.17. The van der Waals surface area contributed by atoms with E-state index in [4.69, 9.17) is 14.2 Å². The van der Waals surface area contributed by atoms with E-state index < -0.39 is 0 Å². The Morgan fingerprint density at radius 3 is 2.44 bits per heavy atom. The van der Waals surface area contributed by atoms with Gasteiger partial charge >= 0.3 is 0 Å². The lowest BCUT2D eigenvalue weighted by atomic mass is 10.2. The highest BCUT2D eigenvalue weighted by atomic mass is 16.5. The van der Waals surface area contributed by atoms with Crippen LogP contribution in [0.3, 0.4) is 0 Å². The number of aliphatic imine (C=N–C) groups is 1. The van der Waals surface area contributed by atoms with Crippen LogP contribution in [-0.4, -0.2) is 46.4 Å². The fraction of sp³-hybridized carbons (Fsp3) is 0.381. The van der Waals surface area contributed by atoms with Crippen LogP contribution >= 0.6 is 0 Å². The number of benzene rings is 2. The lowest BCUT2D eigenvalue weighted by molar-refractivity contribution is 0.123. The summed E-state index contributed by atoms with van der Waals surface area (Å²) in [5.41, 5.74) is 1.04. The first kappa shape index (κ1) is 20.6. The number of methoxy groups -OCH3 is 1. The van der Waals surface area contributed by atoms with E-state index in [-0.39, 0.29) is 0 Å². The molecule has 0 aliphatic heterocycles. The lowest BCUT2D eigenvalue weighted by Gasteiger charge is -2.13. The number of nitrogens with one attached hydrogen (secondary N) is 2. The first-order valence-electron chi connectivity index (χ1n) is 9.15. The summed E-state index contributed by atoms with van der Waals surface area (Å²) in [5, 5.41) is 6.50. The Hall–Kier alpha value is -2.73. The quantitative estimate of drug-likeness (QED) is 0.361. The van der Waals surface area contributed by atoms with Gasteiger partial charge in [0.2, 0.25) is 0 Å². The molecule has 0 saturated carbocycles. The zero-order valence-electron chi connectivity index (χ0n) is 16.1. The number of guanidine groups is 1. The maximum absolute atomic E-state index is 5.70. The third-order valence-corrected chi connectivity index (χ3v) is 3.84. The third-order valence-electron chi connectivity index (χ3n) is 3.84. The maximum Gasteiger partial charge on any atom is 0.191 e. The van der Waals surface area contributed by atoms with Crippen molar-refractivity contribution in [3.63, 3.8) is 0 Å². The second kappa shape index (κ2) is 12.6. The van der Waals surface area contributed by atoms with E-state index in [0.29, 0.717) is 26.4 Å². The van der Waals surface area contributed by atoms with Gasteiger partial charge in [0, 0.05) is 25.7 Å². The van der Waals surface area contributed by atoms with Crippen molar-refractivity contribution in [3.8, 4) is 11.5 Å². The van der Waals surface area contributed by atoms with Crippen LogP contribution in [0.1, 0.15) is 12.0 Å². The summed E-state index contributed by atoms with van der Waals surface area (Å²) < 4.78 is 16.7. The Morgan fingerprint density at radius 1 is 0.926 bits per heavy atom. The molecule has 0 aromatic heterocycles. The summed E-state index contributed by atoms with van der Waals surface area (Å²) in [6, 6.07) is 17.7. The number of para-hydroxylation sites is 2. The van der Waals surface area contributed by atoms with Crippen LogP contribution < -0.4 is 20.1 Å². The molecule has 0 fully saturated rings. The molecular weight excluding hydrogens is 342 g/mol. The van der Waals surface area contributed by atoms with Crippen LogP contribution in [-0.2, 0) is 11.3 Å². The van der Waals surface area contributed by atoms with Gasteiger partial charge in [-0.25, -0.2) is 0 Å². The highest BCUT2D eigenvalue weighted by Gasteiger charge is 2.02.